The van der Waals surface area contributed by atoms with Gasteiger partial charge in [0.25, 0.3) is 0 Å². The Morgan fingerprint density at radius 3 is 2.85 bits per heavy atom. The summed E-state index contributed by atoms with van der Waals surface area (Å²) in [4.78, 5) is 0. The number of hydrogen-bond acceptors (Lipinski definition) is 2. The number of rotatable bonds is 2. The van der Waals surface area contributed by atoms with Gasteiger partial charge in [0.15, 0.2) is 0 Å². The van der Waals surface area contributed by atoms with Gasteiger partial charge in [-0.25, -0.2) is 0 Å². The van der Waals surface area contributed by atoms with E-state index in [1.807, 2.05) is 12.1 Å². The number of halogens is 1. The van der Waals surface area contributed by atoms with Gasteiger partial charge >= 0.3 is 0 Å². The van der Waals surface area contributed by atoms with Crippen LogP contribution in [0, 0.1) is 6.92 Å². The maximum atomic E-state index is 9.60. The summed E-state index contributed by atoms with van der Waals surface area (Å²) in [5.41, 5.74) is 4.95. The fraction of sp³-hybridized carbons (Fsp3) is 0.294. The average molecular weight is 332 g/mol. The van der Waals surface area contributed by atoms with Crippen LogP contribution in [-0.2, 0) is 6.42 Å². The van der Waals surface area contributed by atoms with Crippen molar-refractivity contribution in [1.82, 2.24) is 0 Å². The fourth-order valence-electron chi connectivity index (χ4n) is 2.83. The highest BCUT2D eigenvalue weighted by Crippen LogP contribution is 2.34. The lowest BCUT2D eigenvalue weighted by Crippen LogP contribution is -2.17. The Kier molecular flexibility index (Phi) is 3.70. The van der Waals surface area contributed by atoms with Gasteiger partial charge in [-0.1, -0.05) is 28.1 Å². The van der Waals surface area contributed by atoms with Crippen molar-refractivity contribution in [3.63, 3.8) is 0 Å². The van der Waals surface area contributed by atoms with Crippen molar-refractivity contribution >= 4 is 21.6 Å². The average Bonchev–Trinajstić information content (AvgIpc) is 2.43. The minimum Gasteiger partial charge on any atom is -0.508 e. The molecule has 2 aromatic carbocycles. The molecule has 0 heterocycles. The molecule has 1 unspecified atom stereocenters. The lowest BCUT2D eigenvalue weighted by molar-refractivity contribution is 0.472. The molecule has 2 aromatic rings. The molecular formula is C17H18BrNO. The number of benzene rings is 2. The molecule has 0 amide bonds. The van der Waals surface area contributed by atoms with E-state index in [9.17, 15) is 5.11 Å². The summed E-state index contributed by atoms with van der Waals surface area (Å²) in [6.07, 6.45) is 3.34. The molecule has 0 spiro atoms. The molecule has 0 fully saturated rings. The van der Waals surface area contributed by atoms with E-state index in [1.54, 1.807) is 6.07 Å². The van der Waals surface area contributed by atoms with Crippen molar-refractivity contribution in [3.05, 3.63) is 57.6 Å². The van der Waals surface area contributed by atoms with Crippen LogP contribution in [0.1, 0.15) is 35.6 Å². The molecule has 104 valence electrons. The Bertz CT molecular complexity index is 639. The van der Waals surface area contributed by atoms with Gasteiger partial charge in [0.05, 0.1) is 6.04 Å². The van der Waals surface area contributed by atoms with E-state index in [-0.39, 0.29) is 0 Å². The highest BCUT2D eigenvalue weighted by atomic mass is 79.9. The number of aryl methyl sites for hydroxylation is 2. The normalized spacial score (nSPS) is 17.6. The number of hydrogen-bond donors (Lipinski definition) is 2. The van der Waals surface area contributed by atoms with Crippen molar-refractivity contribution < 1.29 is 5.11 Å². The summed E-state index contributed by atoms with van der Waals surface area (Å²) in [6, 6.07) is 12.4. The highest BCUT2D eigenvalue weighted by molar-refractivity contribution is 9.10. The predicted octanol–water partition coefficient (Wildman–Crippen LogP) is 4.95. The molecule has 2 nitrogen and oxygen atoms in total. The van der Waals surface area contributed by atoms with Crippen molar-refractivity contribution in [1.29, 1.82) is 0 Å². The third-order valence-electron chi connectivity index (χ3n) is 3.95. The summed E-state index contributed by atoms with van der Waals surface area (Å²) in [6.45, 7) is 2.09. The third kappa shape index (κ3) is 2.68. The maximum Gasteiger partial charge on any atom is 0.115 e. The second kappa shape index (κ2) is 5.49. The quantitative estimate of drug-likeness (QED) is 0.815. The molecule has 2 N–H and O–H groups in total. The van der Waals surface area contributed by atoms with Crippen molar-refractivity contribution in [2.75, 3.05) is 5.32 Å². The summed E-state index contributed by atoms with van der Waals surface area (Å²) >= 11 is 3.58. The number of nitrogens with one attached hydrogen (secondary N) is 1. The SMILES string of the molecule is Cc1ccc(NC2CCCc3cc(O)ccc32)cc1Br. The number of anilines is 1. The molecule has 0 bridgehead atoms. The van der Waals surface area contributed by atoms with Crippen LogP contribution in [0.4, 0.5) is 5.69 Å². The molecular weight excluding hydrogens is 314 g/mol. The molecule has 0 radical (unpaired) electrons. The Morgan fingerprint density at radius 2 is 2.05 bits per heavy atom. The number of fused-ring (bicyclic) bond motifs is 1. The van der Waals surface area contributed by atoms with Crippen molar-refractivity contribution in [2.24, 2.45) is 0 Å². The third-order valence-corrected chi connectivity index (χ3v) is 4.81. The number of phenols is 1. The van der Waals surface area contributed by atoms with E-state index in [2.05, 4.69) is 46.4 Å². The van der Waals surface area contributed by atoms with Crippen LogP contribution in [-0.4, -0.2) is 5.11 Å². The Labute approximate surface area is 128 Å². The van der Waals surface area contributed by atoms with Gasteiger partial charge in [-0.05, 0) is 67.1 Å². The van der Waals surface area contributed by atoms with Gasteiger partial charge in [0, 0.05) is 10.2 Å². The lowest BCUT2D eigenvalue weighted by atomic mass is 9.87. The van der Waals surface area contributed by atoms with Gasteiger partial charge < -0.3 is 10.4 Å². The minimum absolute atomic E-state index is 0.328. The monoisotopic (exact) mass is 331 g/mol. The Morgan fingerprint density at radius 1 is 1.20 bits per heavy atom. The van der Waals surface area contributed by atoms with E-state index < -0.39 is 0 Å². The van der Waals surface area contributed by atoms with E-state index in [0.29, 0.717) is 11.8 Å². The van der Waals surface area contributed by atoms with Crippen LogP contribution in [0.5, 0.6) is 5.75 Å². The van der Waals surface area contributed by atoms with Crippen LogP contribution in [0.3, 0.4) is 0 Å². The Balaban J connectivity index is 1.87. The van der Waals surface area contributed by atoms with E-state index in [1.165, 1.54) is 16.7 Å². The molecule has 1 aliphatic carbocycles. The molecule has 3 heteroatoms. The largest absolute Gasteiger partial charge is 0.508 e. The molecule has 0 aromatic heterocycles. The second-order valence-corrected chi connectivity index (χ2v) is 6.29. The molecule has 3 rings (SSSR count). The first-order chi connectivity index (χ1) is 9.63. The smallest absolute Gasteiger partial charge is 0.115 e. The first kappa shape index (κ1) is 13.5. The second-order valence-electron chi connectivity index (χ2n) is 5.44. The first-order valence-electron chi connectivity index (χ1n) is 6.98. The fourth-order valence-corrected chi connectivity index (χ4v) is 3.21. The minimum atomic E-state index is 0.328. The van der Waals surface area contributed by atoms with E-state index in [0.717, 1.165) is 29.4 Å². The maximum absolute atomic E-state index is 9.60. The summed E-state index contributed by atoms with van der Waals surface area (Å²) < 4.78 is 1.13. The van der Waals surface area contributed by atoms with Gasteiger partial charge in [-0.15, -0.1) is 0 Å². The van der Waals surface area contributed by atoms with Crippen LogP contribution in [0.2, 0.25) is 0 Å². The molecule has 1 aliphatic rings. The summed E-state index contributed by atoms with van der Waals surface area (Å²) in [7, 11) is 0. The highest BCUT2D eigenvalue weighted by Gasteiger charge is 2.20. The zero-order chi connectivity index (χ0) is 14.1. The lowest BCUT2D eigenvalue weighted by Gasteiger charge is -2.27. The van der Waals surface area contributed by atoms with Crippen LogP contribution in [0.15, 0.2) is 40.9 Å². The predicted molar refractivity (Wildman–Crippen MR) is 86.3 cm³/mol. The zero-order valence-corrected chi connectivity index (χ0v) is 13.1. The molecule has 1 atom stereocenters. The topological polar surface area (TPSA) is 32.3 Å². The number of phenolic OH excluding ortho intramolecular Hbond substituents is 1. The summed E-state index contributed by atoms with van der Waals surface area (Å²) in [5, 5.41) is 13.2. The van der Waals surface area contributed by atoms with Gasteiger partial charge in [0.1, 0.15) is 5.75 Å². The van der Waals surface area contributed by atoms with E-state index in [4.69, 9.17) is 0 Å². The molecule has 0 saturated carbocycles. The standard InChI is InChI=1S/C17H18BrNO/c1-11-5-6-13(10-16(11)18)19-17-4-2-3-12-9-14(20)7-8-15(12)17/h5-10,17,19-20H,2-4H2,1H3. The summed E-state index contributed by atoms with van der Waals surface area (Å²) in [5.74, 6) is 0.363. The van der Waals surface area contributed by atoms with Crippen LogP contribution >= 0.6 is 15.9 Å². The first-order valence-corrected chi connectivity index (χ1v) is 7.77. The van der Waals surface area contributed by atoms with Crippen LogP contribution < -0.4 is 5.32 Å². The Hall–Kier alpha value is -1.48. The van der Waals surface area contributed by atoms with Gasteiger partial charge in [-0.2, -0.15) is 0 Å². The molecule has 0 saturated heterocycles. The van der Waals surface area contributed by atoms with Crippen molar-refractivity contribution in [3.8, 4) is 5.75 Å². The number of aromatic hydroxyl groups is 1. The van der Waals surface area contributed by atoms with E-state index >= 15 is 0 Å². The van der Waals surface area contributed by atoms with Crippen LogP contribution in [0.25, 0.3) is 0 Å². The molecule has 20 heavy (non-hydrogen) atoms. The van der Waals surface area contributed by atoms with Crippen molar-refractivity contribution in [2.45, 2.75) is 32.2 Å². The zero-order valence-electron chi connectivity index (χ0n) is 11.5. The van der Waals surface area contributed by atoms with Gasteiger partial charge in [-0.3, -0.25) is 0 Å². The molecule has 0 aliphatic heterocycles. The van der Waals surface area contributed by atoms with Gasteiger partial charge in [0.2, 0.25) is 0 Å².